The smallest absolute Gasteiger partial charge is 0.214 e. The van der Waals surface area contributed by atoms with Crippen LogP contribution in [0.3, 0.4) is 0 Å². The predicted molar refractivity (Wildman–Crippen MR) is 60.0 cm³/mol. The summed E-state index contributed by atoms with van der Waals surface area (Å²) in [5, 5.41) is 21.0. The molecule has 6 nitrogen and oxygen atoms in total. The molecule has 0 heterocycles. The van der Waals surface area contributed by atoms with E-state index in [4.69, 9.17) is 16.3 Å². The Balaban J connectivity index is 2.52. The summed E-state index contributed by atoms with van der Waals surface area (Å²) in [4.78, 5) is 3.70. The summed E-state index contributed by atoms with van der Waals surface area (Å²) in [6, 6.07) is 3.36. The second-order valence-electron chi connectivity index (χ2n) is 3.28. The van der Waals surface area contributed by atoms with Crippen LogP contribution in [0.5, 0.6) is 0 Å². The SMILES string of the molecule is N#CC(C#N)=CN=C(N)NN=C1CCCC1. The monoisotopic (exact) mass is 216 g/mol. The fourth-order valence-electron chi connectivity index (χ4n) is 1.28. The highest BCUT2D eigenvalue weighted by molar-refractivity contribution is 5.88. The molecule has 0 aromatic rings. The van der Waals surface area contributed by atoms with Crippen LogP contribution >= 0.6 is 0 Å². The number of hydrogen-bond donors (Lipinski definition) is 2. The first-order valence-electron chi connectivity index (χ1n) is 4.91. The van der Waals surface area contributed by atoms with Crippen molar-refractivity contribution in [2.24, 2.45) is 15.8 Å². The van der Waals surface area contributed by atoms with E-state index in [0.717, 1.165) is 37.6 Å². The summed E-state index contributed by atoms with van der Waals surface area (Å²) >= 11 is 0. The van der Waals surface area contributed by atoms with Crippen molar-refractivity contribution in [3.05, 3.63) is 11.8 Å². The maximum absolute atomic E-state index is 8.44. The summed E-state index contributed by atoms with van der Waals surface area (Å²) in [5.41, 5.74) is 9.03. The zero-order valence-electron chi connectivity index (χ0n) is 8.77. The van der Waals surface area contributed by atoms with E-state index >= 15 is 0 Å². The Hall–Kier alpha value is -2.34. The second kappa shape index (κ2) is 6.20. The zero-order valence-corrected chi connectivity index (χ0v) is 8.77. The molecule has 0 amide bonds. The Morgan fingerprint density at radius 3 is 2.50 bits per heavy atom. The highest BCUT2D eigenvalue weighted by atomic mass is 15.4. The molecule has 1 aliphatic carbocycles. The fraction of sp³-hybridized carbons (Fsp3) is 0.400. The van der Waals surface area contributed by atoms with Crippen molar-refractivity contribution in [2.75, 3.05) is 0 Å². The minimum Gasteiger partial charge on any atom is -0.368 e. The molecule has 82 valence electrons. The third-order valence-electron chi connectivity index (χ3n) is 2.08. The minimum atomic E-state index is -0.0988. The summed E-state index contributed by atoms with van der Waals surface area (Å²) in [5.74, 6) is 0.0717. The van der Waals surface area contributed by atoms with E-state index in [1.54, 1.807) is 12.1 Å². The average molecular weight is 216 g/mol. The number of nitriles is 2. The van der Waals surface area contributed by atoms with Gasteiger partial charge < -0.3 is 5.73 Å². The van der Waals surface area contributed by atoms with Crippen molar-refractivity contribution in [2.45, 2.75) is 25.7 Å². The molecular formula is C10H12N6. The highest BCUT2D eigenvalue weighted by Crippen LogP contribution is 2.13. The van der Waals surface area contributed by atoms with Crippen molar-refractivity contribution in [1.29, 1.82) is 10.5 Å². The van der Waals surface area contributed by atoms with Crippen LogP contribution in [0.15, 0.2) is 21.9 Å². The van der Waals surface area contributed by atoms with Crippen molar-refractivity contribution in [3.8, 4) is 12.1 Å². The van der Waals surface area contributed by atoms with Gasteiger partial charge in [-0.15, -0.1) is 0 Å². The molecule has 0 aromatic heterocycles. The molecule has 0 bridgehead atoms. The molecule has 3 N–H and O–H groups in total. The minimum absolute atomic E-state index is 0.0717. The van der Waals surface area contributed by atoms with Gasteiger partial charge in [0, 0.05) is 5.71 Å². The van der Waals surface area contributed by atoms with Crippen LogP contribution in [0.4, 0.5) is 0 Å². The Labute approximate surface area is 93.8 Å². The van der Waals surface area contributed by atoms with Crippen LogP contribution < -0.4 is 11.2 Å². The largest absolute Gasteiger partial charge is 0.368 e. The number of hydrogen-bond acceptors (Lipinski definition) is 4. The van der Waals surface area contributed by atoms with Gasteiger partial charge in [0.15, 0.2) is 0 Å². The number of aliphatic imine (C=N–C) groups is 1. The molecule has 0 spiro atoms. The lowest BCUT2D eigenvalue weighted by Crippen LogP contribution is -2.27. The van der Waals surface area contributed by atoms with Gasteiger partial charge in [-0.3, -0.25) is 0 Å². The summed E-state index contributed by atoms with van der Waals surface area (Å²) in [7, 11) is 0. The van der Waals surface area contributed by atoms with Gasteiger partial charge in [-0.05, 0) is 25.7 Å². The maximum Gasteiger partial charge on any atom is 0.214 e. The van der Waals surface area contributed by atoms with Crippen LogP contribution in [-0.4, -0.2) is 11.7 Å². The van der Waals surface area contributed by atoms with Gasteiger partial charge in [0.05, 0.1) is 6.20 Å². The molecule has 0 unspecified atom stereocenters. The van der Waals surface area contributed by atoms with E-state index in [2.05, 4.69) is 15.5 Å². The van der Waals surface area contributed by atoms with E-state index in [0.29, 0.717) is 0 Å². The summed E-state index contributed by atoms with van der Waals surface area (Å²) in [6.07, 6.45) is 5.39. The molecular weight excluding hydrogens is 204 g/mol. The van der Waals surface area contributed by atoms with Crippen LogP contribution in [0.25, 0.3) is 0 Å². The number of nitrogens with one attached hydrogen (secondary N) is 1. The van der Waals surface area contributed by atoms with Gasteiger partial charge in [0.1, 0.15) is 17.7 Å². The second-order valence-corrected chi connectivity index (χ2v) is 3.28. The number of nitrogens with two attached hydrogens (primary N) is 1. The molecule has 0 atom stereocenters. The Morgan fingerprint density at radius 2 is 1.94 bits per heavy atom. The van der Waals surface area contributed by atoms with Crippen LogP contribution in [0.1, 0.15) is 25.7 Å². The number of hydrazone groups is 1. The van der Waals surface area contributed by atoms with E-state index in [1.165, 1.54) is 0 Å². The Morgan fingerprint density at radius 1 is 1.31 bits per heavy atom. The van der Waals surface area contributed by atoms with Crippen molar-refractivity contribution < 1.29 is 0 Å². The van der Waals surface area contributed by atoms with Gasteiger partial charge in [-0.2, -0.15) is 15.6 Å². The Bertz CT molecular complexity index is 394. The van der Waals surface area contributed by atoms with Gasteiger partial charge in [-0.25, -0.2) is 10.4 Å². The Kier molecular flexibility index (Phi) is 4.55. The first-order valence-corrected chi connectivity index (χ1v) is 4.91. The first-order chi connectivity index (χ1) is 7.76. The molecule has 0 radical (unpaired) electrons. The summed E-state index contributed by atoms with van der Waals surface area (Å²) < 4.78 is 0. The molecule has 6 heteroatoms. The van der Waals surface area contributed by atoms with Gasteiger partial charge >= 0.3 is 0 Å². The maximum atomic E-state index is 8.44. The molecule has 1 saturated carbocycles. The predicted octanol–water partition coefficient (Wildman–Crippen LogP) is 0.752. The number of guanidine groups is 1. The quantitative estimate of drug-likeness (QED) is 0.307. The molecule has 16 heavy (non-hydrogen) atoms. The number of allylic oxidation sites excluding steroid dienone is 1. The standard InChI is InChI=1S/C10H12N6/c11-5-8(6-12)7-14-10(13)16-15-9-3-1-2-4-9/h7H,1-4H2,(H3,13,14,16). The van der Waals surface area contributed by atoms with Crippen molar-refractivity contribution in [1.82, 2.24) is 5.43 Å². The summed E-state index contributed by atoms with van der Waals surface area (Å²) in [6.45, 7) is 0. The number of rotatable bonds is 2. The topological polar surface area (TPSA) is 110 Å². The normalized spacial score (nSPS) is 14.9. The van der Waals surface area contributed by atoms with Gasteiger partial charge in [-0.1, -0.05) is 0 Å². The van der Waals surface area contributed by atoms with Gasteiger partial charge in [0.25, 0.3) is 0 Å². The lowest BCUT2D eigenvalue weighted by Gasteiger charge is -1.98. The number of nitrogens with zero attached hydrogens (tertiary/aromatic N) is 4. The molecule has 0 aromatic carbocycles. The first kappa shape index (κ1) is 11.7. The molecule has 0 saturated heterocycles. The van der Waals surface area contributed by atoms with Crippen LogP contribution in [-0.2, 0) is 0 Å². The molecule has 1 rings (SSSR count). The lowest BCUT2D eigenvalue weighted by atomic mass is 10.3. The van der Waals surface area contributed by atoms with Crippen molar-refractivity contribution >= 4 is 11.7 Å². The molecule has 1 fully saturated rings. The average Bonchev–Trinajstić information content (AvgIpc) is 2.80. The van der Waals surface area contributed by atoms with Crippen molar-refractivity contribution in [3.63, 3.8) is 0 Å². The van der Waals surface area contributed by atoms with E-state index in [9.17, 15) is 0 Å². The van der Waals surface area contributed by atoms with E-state index < -0.39 is 0 Å². The molecule has 1 aliphatic rings. The third kappa shape index (κ3) is 3.81. The fourth-order valence-corrected chi connectivity index (χ4v) is 1.28. The lowest BCUT2D eigenvalue weighted by molar-refractivity contribution is 0.886. The van der Waals surface area contributed by atoms with Gasteiger partial charge in [0.2, 0.25) is 5.96 Å². The van der Waals surface area contributed by atoms with Crippen LogP contribution in [0, 0.1) is 22.7 Å². The zero-order chi connectivity index (χ0) is 11.8. The van der Waals surface area contributed by atoms with Crippen LogP contribution in [0.2, 0.25) is 0 Å². The third-order valence-corrected chi connectivity index (χ3v) is 2.08. The van der Waals surface area contributed by atoms with E-state index in [1.807, 2.05) is 0 Å². The highest BCUT2D eigenvalue weighted by Gasteiger charge is 2.07. The van der Waals surface area contributed by atoms with E-state index in [-0.39, 0.29) is 11.5 Å². The molecule has 0 aliphatic heterocycles.